The van der Waals surface area contributed by atoms with E-state index >= 15 is 0 Å². The van der Waals surface area contributed by atoms with Crippen molar-refractivity contribution in [3.8, 4) is 10.8 Å². The minimum atomic E-state index is -4.48. The molecule has 9 heteroatoms. The SMILES string of the molecule is O=C(Cc1csc(-c2ccco2)n1)Nc1cc(C(F)(F)F)ccc1N1CCCC1. The molecule has 0 saturated carbocycles. The van der Waals surface area contributed by atoms with Gasteiger partial charge >= 0.3 is 6.18 Å². The highest BCUT2D eigenvalue weighted by molar-refractivity contribution is 7.13. The molecule has 1 amide bonds. The highest BCUT2D eigenvalue weighted by atomic mass is 32.1. The Morgan fingerprint density at radius 3 is 2.72 bits per heavy atom. The number of nitrogens with one attached hydrogen (secondary N) is 1. The van der Waals surface area contributed by atoms with Crippen molar-refractivity contribution in [2.45, 2.75) is 25.4 Å². The van der Waals surface area contributed by atoms with Gasteiger partial charge in [-0.3, -0.25) is 4.79 Å². The standard InChI is InChI=1S/C20H18F3N3O2S/c21-20(22,23)13-5-6-16(26-7-1-2-8-26)15(10-13)25-18(27)11-14-12-29-19(24-14)17-4-3-9-28-17/h3-6,9-10,12H,1-2,7-8,11H2,(H,25,27). The van der Waals surface area contributed by atoms with E-state index in [2.05, 4.69) is 10.3 Å². The van der Waals surface area contributed by atoms with Gasteiger partial charge in [-0.25, -0.2) is 4.98 Å². The van der Waals surface area contributed by atoms with Gasteiger partial charge in [-0.1, -0.05) is 0 Å². The molecule has 5 nitrogen and oxygen atoms in total. The number of halogens is 3. The smallest absolute Gasteiger partial charge is 0.416 e. The highest BCUT2D eigenvalue weighted by Gasteiger charge is 2.32. The minimum Gasteiger partial charge on any atom is -0.462 e. The molecule has 1 aliphatic heterocycles. The maximum Gasteiger partial charge on any atom is 0.416 e. The van der Waals surface area contributed by atoms with Crippen molar-refractivity contribution >= 4 is 28.6 Å². The summed E-state index contributed by atoms with van der Waals surface area (Å²) >= 11 is 1.34. The third kappa shape index (κ3) is 4.45. The lowest BCUT2D eigenvalue weighted by Crippen LogP contribution is -2.22. The number of hydrogen-bond acceptors (Lipinski definition) is 5. The number of thiazole rings is 1. The maximum atomic E-state index is 13.2. The molecule has 1 saturated heterocycles. The van der Waals surface area contributed by atoms with E-state index in [-0.39, 0.29) is 12.1 Å². The van der Waals surface area contributed by atoms with E-state index < -0.39 is 17.6 Å². The predicted octanol–water partition coefficient (Wildman–Crippen LogP) is 5.20. The van der Waals surface area contributed by atoms with Crippen molar-refractivity contribution in [1.82, 2.24) is 4.98 Å². The van der Waals surface area contributed by atoms with E-state index in [0.717, 1.165) is 38.1 Å². The first-order chi connectivity index (χ1) is 13.9. The molecule has 0 bridgehead atoms. The van der Waals surface area contributed by atoms with Crippen molar-refractivity contribution < 1.29 is 22.4 Å². The number of carbonyl (C=O) groups is 1. The van der Waals surface area contributed by atoms with Gasteiger partial charge in [0.2, 0.25) is 5.91 Å². The average molecular weight is 421 g/mol. The van der Waals surface area contributed by atoms with Gasteiger partial charge in [0.25, 0.3) is 0 Å². The van der Waals surface area contributed by atoms with Crippen molar-refractivity contribution in [3.05, 3.63) is 53.2 Å². The predicted molar refractivity (Wildman–Crippen MR) is 105 cm³/mol. The molecular weight excluding hydrogens is 403 g/mol. The second-order valence-electron chi connectivity index (χ2n) is 6.77. The number of nitrogens with zero attached hydrogens (tertiary/aromatic N) is 2. The van der Waals surface area contributed by atoms with Crippen LogP contribution in [0.3, 0.4) is 0 Å². The van der Waals surface area contributed by atoms with E-state index in [1.54, 1.807) is 17.5 Å². The van der Waals surface area contributed by atoms with Crippen LogP contribution in [0, 0.1) is 0 Å². The van der Waals surface area contributed by atoms with Gasteiger partial charge in [0, 0.05) is 18.5 Å². The number of carbonyl (C=O) groups excluding carboxylic acids is 1. The third-order valence-electron chi connectivity index (χ3n) is 4.67. The molecule has 0 unspecified atom stereocenters. The Hall–Kier alpha value is -2.81. The summed E-state index contributed by atoms with van der Waals surface area (Å²) in [6.45, 7) is 1.51. The number of hydrogen-bond donors (Lipinski definition) is 1. The van der Waals surface area contributed by atoms with Crippen molar-refractivity contribution in [2.75, 3.05) is 23.3 Å². The number of anilines is 2. The fraction of sp³-hybridized carbons (Fsp3) is 0.300. The first-order valence-corrected chi connectivity index (χ1v) is 10.0. The molecule has 0 radical (unpaired) electrons. The summed E-state index contributed by atoms with van der Waals surface area (Å²) in [5.41, 5.74) is 0.532. The highest BCUT2D eigenvalue weighted by Crippen LogP contribution is 2.36. The molecule has 3 heterocycles. The Balaban J connectivity index is 1.53. The molecule has 1 aromatic carbocycles. The van der Waals surface area contributed by atoms with Crippen LogP contribution < -0.4 is 10.2 Å². The first kappa shape index (κ1) is 19.5. The van der Waals surface area contributed by atoms with Gasteiger partial charge in [0.1, 0.15) is 0 Å². The van der Waals surface area contributed by atoms with Gasteiger partial charge in [0.15, 0.2) is 10.8 Å². The zero-order chi connectivity index (χ0) is 20.4. The van der Waals surface area contributed by atoms with Crippen molar-refractivity contribution in [1.29, 1.82) is 0 Å². The molecule has 0 spiro atoms. The fourth-order valence-electron chi connectivity index (χ4n) is 3.31. The third-order valence-corrected chi connectivity index (χ3v) is 5.58. The summed E-state index contributed by atoms with van der Waals surface area (Å²) < 4.78 is 44.8. The molecule has 29 heavy (non-hydrogen) atoms. The Labute approximate surface area is 169 Å². The van der Waals surface area contributed by atoms with E-state index in [9.17, 15) is 18.0 Å². The lowest BCUT2D eigenvalue weighted by atomic mass is 10.1. The molecule has 3 aromatic rings. The molecule has 2 aromatic heterocycles. The van der Waals surface area contributed by atoms with Gasteiger partial charge in [0.05, 0.1) is 35.3 Å². The van der Waals surface area contributed by atoms with Crippen LogP contribution in [0.15, 0.2) is 46.4 Å². The van der Waals surface area contributed by atoms with Gasteiger partial charge in [-0.15, -0.1) is 11.3 Å². The van der Waals surface area contributed by atoms with Crippen LogP contribution in [0.4, 0.5) is 24.5 Å². The maximum absolute atomic E-state index is 13.2. The van der Waals surface area contributed by atoms with Crippen molar-refractivity contribution in [2.24, 2.45) is 0 Å². The summed E-state index contributed by atoms with van der Waals surface area (Å²) in [4.78, 5) is 18.9. The van der Waals surface area contributed by atoms with Crippen LogP contribution >= 0.6 is 11.3 Å². The lowest BCUT2D eigenvalue weighted by molar-refractivity contribution is -0.137. The fourth-order valence-corrected chi connectivity index (χ4v) is 4.09. The second kappa shape index (κ2) is 7.90. The molecule has 0 aliphatic carbocycles. The van der Waals surface area contributed by atoms with Gasteiger partial charge < -0.3 is 14.6 Å². The van der Waals surface area contributed by atoms with Crippen LogP contribution in [0.1, 0.15) is 24.1 Å². The summed E-state index contributed by atoms with van der Waals surface area (Å²) in [7, 11) is 0. The molecule has 1 aliphatic rings. The number of aromatic nitrogens is 1. The zero-order valence-corrected chi connectivity index (χ0v) is 16.1. The Bertz CT molecular complexity index is 993. The van der Waals surface area contributed by atoms with E-state index in [4.69, 9.17) is 4.42 Å². The topological polar surface area (TPSA) is 58.4 Å². The second-order valence-corrected chi connectivity index (χ2v) is 7.63. The largest absolute Gasteiger partial charge is 0.462 e. The van der Waals surface area contributed by atoms with Crippen molar-refractivity contribution in [3.63, 3.8) is 0 Å². The average Bonchev–Trinajstić information content (AvgIpc) is 3.43. The van der Waals surface area contributed by atoms with Gasteiger partial charge in [-0.2, -0.15) is 13.2 Å². The van der Waals surface area contributed by atoms with Crippen LogP contribution in [-0.4, -0.2) is 24.0 Å². The zero-order valence-electron chi connectivity index (χ0n) is 15.3. The van der Waals surface area contributed by atoms with Crippen LogP contribution in [0.2, 0.25) is 0 Å². The molecule has 152 valence electrons. The summed E-state index contributed by atoms with van der Waals surface area (Å²) in [6, 6.07) is 7.01. The van der Waals surface area contributed by atoms with E-state index in [1.807, 2.05) is 4.90 Å². The molecule has 1 fully saturated rings. The summed E-state index contributed by atoms with van der Waals surface area (Å²) in [5.74, 6) is 0.192. The first-order valence-electron chi connectivity index (χ1n) is 9.14. The molecule has 1 N–H and O–H groups in total. The lowest BCUT2D eigenvalue weighted by Gasteiger charge is -2.23. The molecular formula is C20H18F3N3O2S. The van der Waals surface area contributed by atoms with Crippen LogP contribution in [-0.2, 0) is 17.4 Å². The number of furan rings is 1. The van der Waals surface area contributed by atoms with E-state index in [1.165, 1.54) is 23.7 Å². The number of amides is 1. The number of alkyl halides is 3. The Morgan fingerprint density at radius 2 is 2.03 bits per heavy atom. The van der Waals surface area contributed by atoms with Crippen LogP contribution in [0.5, 0.6) is 0 Å². The Kier molecular flexibility index (Phi) is 5.31. The number of rotatable bonds is 5. The monoisotopic (exact) mass is 421 g/mol. The molecule has 0 atom stereocenters. The summed E-state index contributed by atoms with van der Waals surface area (Å²) in [5, 5.41) is 5.04. The van der Waals surface area contributed by atoms with Gasteiger partial charge in [-0.05, 0) is 43.2 Å². The Morgan fingerprint density at radius 1 is 1.24 bits per heavy atom. The van der Waals surface area contributed by atoms with E-state index in [0.29, 0.717) is 22.1 Å². The molecule has 4 rings (SSSR count). The summed E-state index contributed by atoms with van der Waals surface area (Å²) in [6.07, 6.45) is -1.02. The number of benzene rings is 1. The van der Waals surface area contributed by atoms with Crippen LogP contribution in [0.25, 0.3) is 10.8 Å². The minimum absolute atomic E-state index is 0.0348. The quantitative estimate of drug-likeness (QED) is 0.615. The normalized spacial score (nSPS) is 14.4.